The van der Waals surface area contributed by atoms with E-state index >= 15 is 0 Å². The first-order chi connectivity index (χ1) is 16.4. The zero-order chi connectivity index (χ0) is 24.1. The first-order valence-electron chi connectivity index (χ1n) is 10.3. The number of aromatic nitrogens is 1. The summed E-state index contributed by atoms with van der Waals surface area (Å²) in [6.07, 6.45) is 0.101. The number of thiazole rings is 1. The lowest BCUT2D eigenvalue weighted by Crippen LogP contribution is -2.47. The Morgan fingerprint density at radius 2 is 1.59 bits per heavy atom. The van der Waals surface area contributed by atoms with E-state index in [4.69, 9.17) is 5.73 Å². The summed E-state index contributed by atoms with van der Waals surface area (Å²) in [5.41, 5.74) is 6.37. The van der Waals surface area contributed by atoms with Crippen LogP contribution in [0.2, 0.25) is 0 Å². The van der Waals surface area contributed by atoms with Gasteiger partial charge in [-0.1, -0.05) is 60.7 Å². The second kappa shape index (κ2) is 10.1. The third kappa shape index (κ3) is 5.33. The van der Waals surface area contributed by atoms with E-state index < -0.39 is 23.6 Å². The van der Waals surface area contributed by atoms with Crippen molar-refractivity contribution in [1.82, 2.24) is 10.3 Å². The molecule has 3 aromatic carbocycles. The SMILES string of the molecule is NC(=O)C(=O)C(Cc1ccccc1)NC(=O)c1csc(NC(=O)c2ccc3ccccc3c2)n1. The molecular formula is C25H20N4O4S. The molecule has 1 atom stereocenters. The van der Waals surface area contributed by atoms with E-state index in [0.717, 1.165) is 27.7 Å². The molecule has 0 spiro atoms. The lowest BCUT2D eigenvalue weighted by atomic mass is 10.0. The van der Waals surface area contributed by atoms with E-state index in [2.05, 4.69) is 15.6 Å². The number of carbonyl (C=O) groups excluding carboxylic acids is 4. The fourth-order valence-corrected chi connectivity index (χ4v) is 4.08. The van der Waals surface area contributed by atoms with Crippen LogP contribution in [0.15, 0.2) is 78.2 Å². The van der Waals surface area contributed by atoms with Crippen LogP contribution in [-0.4, -0.2) is 34.5 Å². The first kappa shape index (κ1) is 22.8. The van der Waals surface area contributed by atoms with Crippen LogP contribution >= 0.6 is 11.3 Å². The maximum Gasteiger partial charge on any atom is 0.287 e. The number of anilines is 1. The molecule has 9 heteroatoms. The summed E-state index contributed by atoms with van der Waals surface area (Å²) in [4.78, 5) is 53.2. The molecular weight excluding hydrogens is 452 g/mol. The lowest BCUT2D eigenvalue weighted by molar-refractivity contribution is -0.137. The fourth-order valence-electron chi connectivity index (χ4n) is 3.40. The quantitative estimate of drug-likeness (QED) is 0.339. The van der Waals surface area contributed by atoms with Crippen molar-refractivity contribution in [3.05, 3.63) is 95.0 Å². The minimum atomic E-state index is -1.14. The van der Waals surface area contributed by atoms with Gasteiger partial charge in [0.2, 0.25) is 5.78 Å². The van der Waals surface area contributed by atoms with E-state index in [-0.39, 0.29) is 23.2 Å². The number of rotatable bonds is 8. The molecule has 0 fully saturated rings. The van der Waals surface area contributed by atoms with Crippen molar-refractivity contribution < 1.29 is 19.2 Å². The van der Waals surface area contributed by atoms with Gasteiger partial charge in [0.05, 0.1) is 0 Å². The van der Waals surface area contributed by atoms with Gasteiger partial charge in [0.1, 0.15) is 11.7 Å². The minimum absolute atomic E-state index is 0.00847. The number of nitrogens with one attached hydrogen (secondary N) is 2. The number of nitrogens with zero attached hydrogens (tertiary/aromatic N) is 1. The molecule has 0 saturated heterocycles. The number of hydrogen-bond donors (Lipinski definition) is 3. The molecule has 0 radical (unpaired) electrons. The molecule has 34 heavy (non-hydrogen) atoms. The van der Waals surface area contributed by atoms with Gasteiger partial charge in [0.15, 0.2) is 5.13 Å². The average Bonchev–Trinajstić information content (AvgIpc) is 3.32. The molecule has 4 N–H and O–H groups in total. The monoisotopic (exact) mass is 472 g/mol. The molecule has 0 saturated carbocycles. The van der Waals surface area contributed by atoms with Gasteiger partial charge in [-0.2, -0.15) is 0 Å². The molecule has 1 heterocycles. The number of primary amides is 1. The fraction of sp³-hybridized carbons (Fsp3) is 0.0800. The Morgan fingerprint density at radius 1 is 0.882 bits per heavy atom. The Hall–Kier alpha value is -4.37. The van der Waals surface area contributed by atoms with Crippen LogP contribution in [-0.2, 0) is 16.0 Å². The van der Waals surface area contributed by atoms with Crippen molar-refractivity contribution in [2.75, 3.05) is 5.32 Å². The third-order valence-corrected chi connectivity index (χ3v) is 5.87. The minimum Gasteiger partial charge on any atom is -0.363 e. The van der Waals surface area contributed by atoms with Gasteiger partial charge in [0, 0.05) is 17.4 Å². The molecule has 4 rings (SSSR count). The number of ketones is 1. The van der Waals surface area contributed by atoms with Crippen LogP contribution < -0.4 is 16.4 Å². The van der Waals surface area contributed by atoms with Crippen LogP contribution in [0.25, 0.3) is 10.8 Å². The molecule has 1 unspecified atom stereocenters. The largest absolute Gasteiger partial charge is 0.363 e. The van der Waals surface area contributed by atoms with E-state index in [1.807, 2.05) is 36.4 Å². The summed E-state index contributed by atoms with van der Waals surface area (Å²) in [5.74, 6) is -3.06. The predicted molar refractivity (Wildman–Crippen MR) is 130 cm³/mol. The van der Waals surface area contributed by atoms with Crippen molar-refractivity contribution in [1.29, 1.82) is 0 Å². The van der Waals surface area contributed by atoms with Crippen LogP contribution in [0.4, 0.5) is 5.13 Å². The Morgan fingerprint density at radius 3 is 2.32 bits per heavy atom. The van der Waals surface area contributed by atoms with Crippen molar-refractivity contribution in [2.24, 2.45) is 5.73 Å². The zero-order valence-corrected chi connectivity index (χ0v) is 18.7. The third-order valence-electron chi connectivity index (χ3n) is 5.12. The van der Waals surface area contributed by atoms with Gasteiger partial charge in [-0.15, -0.1) is 11.3 Å². The Kier molecular flexibility index (Phi) is 6.74. The molecule has 1 aromatic heterocycles. The second-order valence-electron chi connectivity index (χ2n) is 7.50. The molecule has 0 aliphatic rings. The Balaban J connectivity index is 1.45. The molecule has 0 aliphatic carbocycles. The molecule has 0 aliphatic heterocycles. The van der Waals surface area contributed by atoms with Gasteiger partial charge in [-0.05, 0) is 28.5 Å². The van der Waals surface area contributed by atoms with Gasteiger partial charge in [-0.25, -0.2) is 4.98 Å². The summed E-state index contributed by atoms with van der Waals surface area (Å²) >= 11 is 1.07. The normalized spacial score (nSPS) is 11.5. The highest BCUT2D eigenvalue weighted by atomic mass is 32.1. The summed E-state index contributed by atoms with van der Waals surface area (Å²) in [7, 11) is 0. The number of benzene rings is 3. The van der Waals surface area contributed by atoms with Crippen LogP contribution in [0.1, 0.15) is 26.4 Å². The number of nitrogens with two attached hydrogens (primary N) is 1. The highest BCUT2D eigenvalue weighted by molar-refractivity contribution is 7.14. The van der Waals surface area contributed by atoms with Gasteiger partial charge in [-0.3, -0.25) is 24.5 Å². The Labute approximate surface area is 198 Å². The maximum atomic E-state index is 12.7. The van der Waals surface area contributed by atoms with Gasteiger partial charge >= 0.3 is 0 Å². The smallest absolute Gasteiger partial charge is 0.287 e. The summed E-state index contributed by atoms with van der Waals surface area (Å²) in [5, 5.41) is 8.83. The van der Waals surface area contributed by atoms with E-state index in [0.29, 0.717) is 5.56 Å². The van der Waals surface area contributed by atoms with Crippen molar-refractivity contribution in [3.8, 4) is 0 Å². The number of hydrogen-bond acceptors (Lipinski definition) is 6. The highest BCUT2D eigenvalue weighted by Crippen LogP contribution is 2.19. The van der Waals surface area contributed by atoms with Crippen LogP contribution in [0.5, 0.6) is 0 Å². The highest BCUT2D eigenvalue weighted by Gasteiger charge is 2.26. The van der Waals surface area contributed by atoms with Crippen molar-refractivity contribution in [3.63, 3.8) is 0 Å². The van der Waals surface area contributed by atoms with E-state index in [1.165, 1.54) is 5.38 Å². The number of amides is 3. The van der Waals surface area contributed by atoms with Crippen molar-refractivity contribution in [2.45, 2.75) is 12.5 Å². The molecule has 4 aromatic rings. The lowest BCUT2D eigenvalue weighted by Gasteiger charge is -2.15. The standard InChI is InChI=1S/C25H20N4O4S/c26-22(31)21(30)19(12-15-6-2-1-3-7-15)27-24(33)20-14-34-25(28-20)29-23(32)18-11-10-16-8-4-5-9-17(16)13-18/h1-11,13-14,19H,12H2,(H2,26,31)(H,27,33)(H,28,29,32). The summed E-state index contributed by atoms with van der Waals surface area (Å²) in [6.45, 7) is 0. The zero-order valence-electron chi connectivity index (χ0n) is 17.9. The Bertz CT molecular complexity index is 1380. The van der Waals surface area contributed by atoms with E-state index in [9.17, 15) is 19.2 Å². The summed E-state index contributed by atoms with van der Waals surface area (Å²) in [6, 6.07) is 20.8. The van der Waals surface area contributed by atoms with E-state index in [1.54, 1.807) is 36.4 Å². The molecule has 8 nitrogen and oxygen atoms in total. The van der Waals surface area contributed by atoms with Gasteiger partial charge in [0.25, 0.3) is 17.7 Å². The van der Waals surface area contributed by atoms with Crippen molar-refractivity contribution >= 4 is 50.7 Å². The molecule has 0 bridgehead atoms. The summed E-state index contributed by atoms with van der Waals surface area (Å²) < 4.78 is 0. The second-order valence-corrected chi connectivity index (χ2v) is 8.36. The average molecular weight is 473 g/mol. The molecule has 3 amide bonds. The topological polar surface area (TPSA) is 131 Å². The van der Waals surface area contributed by atoms with Crippen LogP contribution in [0.3, 0.4) is 0 Å². The number of carbonyl (C=O) groups is 4. The number of Topliss-reactive ketones (excluding diaryl/α,β-unsaturated/α-hetero) is 1. The number of fused-ring (bicyclic) bond motifs is 1. The van der Waals surface area contributed by atoms with Gasteiger partial charge < -0.3 is 11.1 Å². The first-order valence-corrected chi connectivity index (χ1v) is 11.2. The maximum absolute atomic E-state index is 12.7. The predicted octanol–water partition coefficient (Wildman–Crippen LogP) is 2.94. The molecule has 170 valence electrons. The van der Waals surface area contributed by atoms with Crippen LogP contribution in [0, 0.1) is 0 Å².